The molecule has 0 fully saturated rings. The highest BCUT2D eigenvalue weighted by atomic mass is 19.4. The summed E-state index contributed by atoms with van der Waals surface area (Å²) in [4.78, 5) is 22.5. The maximum Gasteiger partial charge on any atom is 0.490 e. The summed E-state index contributed by atoms with van der Waals surface area (Å²) in [7, 11) is 0. The van der Waals surface area contributed by atoms with Gasteiger partial charge >= 0.3 is 24.3 Å². The Bertz CT molecular complexity index is 335. The molecule has 0 spiro atoms. The average molecular weight is 430 g/mol. The monoisotopic (exact) mass is 430 g/mol. The van der Waals surface area contributed by atoms with E-state index < -0.39 is 24.3 Å². The number of nitrogens with zero attached hydrogens (tertiary/aromatic N) is 2. The molecule has 0 bridgehead atoms. The molecule has 12 heteroatoms. The summed E-state index contributed by atoms with van der Waals surface area (Å²) in [6.45, 7) is 20.2. The molecular weight excluding hydrogens is 398 g/mol. The minimum Gasteiger partial charge on any atom is -0.475 e. The zero-order chi connectivity index (χ0) is 23.6. The van der Waals surface area contributed by atoms with Crippen molar-refractivity contribution in [2.75, 3.05) is 39.3 Å². The predicted octanol–water partition coefficient (Wildman–Crippen LogP) is 3.96. The lowest BCUT2D eigenvalue weighted by molar-refractivity contribution is -0.193. The van der Waals surface area contributed by atoms with Gasteiger partial charge in [0.1, 0.15) is 0 Å². The highest BCUT2D eigenvalue weighted by molar-refractivity contribution is 5.73. The molecule has 0 aliphatic heterocycles. The second-order valence-corrected chi connectivity index (χ2v) is 4.84. The molecule has 0 aromatic carbocycles. The number of hydrogen-bond acceptors (Lipinski definition) is 4. The van der Waals surface area contributed by atoms with E-state index in [0.717, 1.165) is 0 Å². The molecule has 0 aromatic heterocycles. The Labute approximate surface area is 162 Å². The molecule has 172 valence electrons. The summed E-state index contributed by atoms with van der Waals surface area (Å²) in [5.74, 6) is -5.51. The summed E-state index contributed by atoms with van der Waals surface area (Å²) in [5, 5.41) is 14.2. The molecule has 6 nitrogen and oxygen atoms in total. The standard InChI is InChI=1S/2C6H15N.2C2HF3O2/c2*1-4-7(5-2)6-3;2*3-2(4,5)1(6)7/h2*4-6H2,1-3H3;2*(H,6,7). The highest BCUT2D eigenvalue weighted by Crippen LogP contribution is 2.13. The van der Waals surface area contributed by atoms with Gasteiger partial charge in [-0.05, 0) is 39.3 Å². The molecule has 0 amide bonds. The number of hydrogen-bond donors (Lipinski definition) is 2. The fourth-order valence-corrected chi connectivity index (χ4v) is 1.34. The van der Waals surface area contributed by atoms with E-state index in [-0.39, 0.29) is 0 Å². The largest absolute Gasteiger partial charge is 0.490 e. The lowest BCUT2D eigenvalue weighted by atomic mass is 10.5. The molecule has 28 heavy (non-hydrogen) atoms. The van der Waals surface area contributed by atoms with Gasteiger partial charge in [-0.1, -0.05) is 41.5 Å². The van der Waals surface area contributed by atoms with Gasteiger partial charge in [-0.25, -0.2) is 9.59 Å². The number of carboxylic acid groups (broad SMARTS) is 2. The third kappa shape index (κ3) is 26.7. The summed E-state index contributed by atoms with van der Waals surface area (Å²) in [6, 6.07) is 0. The van der Waals surface area contributed by atoms with E-state index in [1.54, 1.807) is 0 Å². The van der Waals surface area contributed by atoms with E-state index in [1.165, 1.54) is 39.3 Å². The van der Waals surface area contributed by atoms with Crippen LogP contribution in [0.2, 0.25) is 0 Å². The molecule has 2 N–H and O–H groups in total. The maximum absolute atomic E-state index is 10.6. The molecule has 0 rings (SSSR count). The van der Waals surface area contributed by atoms with Gasteiger partial charge in [0, 0.05) is 0 Å². The first-order valence-corrected chi connectivity index (χ1v) is 8.63. The Balaban J connectivity index is -0.000000137. The Morgan fingerprint density at radius 2 is 0.679 bits per heavy atom. The molecular formula is C16H32F6N2O4. The van der Waals surface area contributed by atoms with E-state index in [0.29, 0.717) is 0 Å². The second kappa shape index (κ2) is 18.8. The highest BCUT2D eigenvalue weighted by Gasteiger charge is 2.38. The molecule has 0 saturated carbocycles. The van der Waals surface area contributed by atoms with Crippen LogP contribution in [0.5, 0.6) is 0 Å². The second-order valence-electron chi connectivity index (χ2n) is 4.84. The Morgan fingerprint density at radius 1 is 0.571 bits per heavy atom. The van der Waals surface area contributed by atoms with Crippen LogP contribution in [0.3, 0.4) is 0 Å². The van der Waals surface area contributed by atoms with Gasteiger partial charge in [-0.2, -0.15) is 26.3 Å². The topological polar surface area (TPSA) is 81.1 Å². The average Bonchev–Trinajstić information content (AvgIpc) is 2.58. The lowest BCUT2D eigenvalue weighted by Crippen LogP contribution is -2.21. The molecule has 0 unspecified atom stereocenters. The molecule has 0 aliphatic carbocycles. The van der Waals surface area contributed by atoms with Crippen molar-refractivity contribution in [3.8, 4) is 0 Å². The Morgan fingerprint density at radius 3 is 0.679 bits per heavy atom. The number of rotatable bonds is 6. The van der Waals surface area contributed by atoms with Crippen LogP contribution in [0.4, 0.5) is 26.3 Å². The van der Waals surface area contributed by atoms with E-state index in [2.05, 4.69) is 51.3 Å². The number of carbonyl (C=O) groups is 2. The van der Waals surface area contributed by atoms with E-state index >= 15 is 0 Å². The minimum absolute atomic E-state index is 1.19. The van der Waals surface area contributed by atoms with E-state index in [9.17, 15) is 26.3 Å². The number of carboxylic acids is 2. The number of halogens is 6. The lowest BCUT2D eigenvalue weighted by Gasteiger charge is -2.13. The van der Waals surface area contributed by atoms with Crippen molar-refractivity contribution in [1.29, 1.82) is 0 Å². The van der Waals surface area contributed by atoms with Gasteiger partial charge in [-0.15, -0.1) is 0 Å². The molecule has 0 heterocycles. The van der Waals surface area contributed by atoms with Crippen LogP contribution in [0, 0.1) is 0 Å². The van der Waals surface area contributed by atoms with Crippen molar-refractivity contribution in [2.24, 2.45) is 0 Å². The molecule has 0 radical (unpaired) electrons. The van der Waals surface area contributed by atoms with E-state index in [4.69, 9.17) is 19.8 Å². The summed E-state index contributed by atoms with van der Waals surface area (Å²) >= 11 is 0. The fourth-order valence-electron chi connectivity index (χ4n) is 1.34. The Hall–Kier alpha value is -1.56. The quantitative estimate of drug-likeness (QED) is 0.621. The van der Waals surface area contributed by atoms with Gasteiger partial charge in [0.25, 0.3) is 0 Å². The molecule has 0 aliphatic rings. The van der Waals surface area contributed by atoms with Crippen molar-refractivity contribution >= 4 is 11.9 Å². The van der Waals surface area contributed by atoms with Gasteiger partial charge in [0.05, 0.1) is 0 Å². The Kier molecular flexibility index (Phi) is 22.8. The zero-order valence-corrected chi connectivity index (χ0v) is 17.1. The molecule has 0 atom stereocenters. The first-order chi connectivity index (χ1) is 12.6. The van der Waals surface area contributed by atoms with Crippen molar-refractivity contribution in [3.63, 3.8) is 0 Å². The number of alkyl halides is 6. The third-order valence-corrected chi connectivity index (χ3v) is 3.17. The van der Waals surface area contributed by atoms with Crippen LogP contribution in [0.25, 0.3) is 0 Å². The smallest absolute Gasteiger partial charge is 0.475 e. The predicted molar refractivity (Wildman–Crippen MR) is 94.3 cm³/mol. The van der Waals surface area contributed by atoms with Crippen molar-refractivity contribution in [3.05, 3.63) is 0 Å². The number of aliphatic carboxylic acids is 2. The first kappa shape index (κ1) is 34.0. The summed E-state index contributed by atoms with van der Waals surface area (Å²) in [6.07, 6.45) is -10.2. The van der Waals surface area contributed by atoms with Crippen molar-refractivity contribution in [2.45, 2.75) is 53.9 Å². The van der Waals surface area contributed by atoms with Crippen molar-refractivity contribution in [1.82, 2.24) is 9.80 Å². The molecule has 0 aromatic rings. The maximum atomic E-state index is 10.6. The van der Waals surface area contributed by atoms with Gasteiger partial charge in [0.15, 0.2) is 0 Å². The van der Waals surface area contributed by atoms with E-state index in [1.807, 2.05) is 0 Å². The minimum atomic E-state index is -5.08. The van der Waals surface area contributed by atoms with Crippen LogP contribution in [0.1, 0.15) is 41.5 Å². The third-order valence-electron chi connectivity index (χ3n) is 3.17. The van der Waals surface area contributed by atoms with Gasteiger partial charge in [0.2, 0.25) is 0 Å². The summed E-state index contributed by atoms with van der Waals surface area (Å²) < 4.78 is 63.5. The van der Waals surface area contributed by atoms with Gasteiger partial charge < -0.3 is 20.0 Å². The van der Waals surface area contributed by atoms with Crippen LogP contribution in [0.15, 0.2) is 0 Å². The van der Waals surface area contributed by atoms with Crippen LogP contribution in [-0.2, 0) is 9.59 Å². The van der Waals surface area contributed by atoms with Crippen LogP contribution in [-0.4, -0.2) is 83.6 Å². The SMILES string of the molecule is CCN(CC)CC.CCN(CC)CC.O=C(O)C(F)(F)F.O=C(O)C(F)(F)F. The summed E-state index contributed by atoms with van der Waals surface area (Å²) in [5.41, 5.74) is 0. The van der Waals surface area contributed by atoms with Crippen LogP contribution < -0.4 is 0 Å². The van der Waals surface area contributed by atoms with Crippen LogP contribution >= 0.6 is 0 Å². The normalized spacial score (nSPS) is 10.8. The molecule has 0 saturated heterocycles. The first-order valence-electron chi connectivity index (χ1n) is 8.63. The van der Waals surface area contributed by atoms with Gasteiger partial charge in [-0.3, -0.25) is 0 Å². The fraction of sp³-hybridized carbons (Fsp3) is 0.875. The zero-order valence-electron chi connectivity index (χ0n) is 17.1. The van der Waals surface area contributed by atoms with Crippen molar-refractivity contribution < 1.29 is 46.1 Å².